The van der Waals surface area contributed by atoms with Gasteiger partial charge in [0.15, 0.2) is 0 Å². The Morgan fingerprint density at radius 1 is 1.30 bits per heavy atom. The van der Waals surface area contributed by atoms with Crippen LogP contribution in [0.1, 0.15) is 13.8 Å². The number of carbonyl (C=O) groups is 2. The molecule has 6 nitrogen and oxygen atoms in total. The van der Waals surface area contributed by atoms with Crippen LogP contribution in [0.4, 0.5) is 0 Å². The van der Waals surface area contributed by atoms with Gasteiger partial charge in [0.1, 0.15) is 12.4 Å². The molecule has 0 saturated heterocycles. The van der Waals surface area contributed by atoms with Crippen LogP contribution in [0.25, 0.3) is 0 Å². The molecule has 2 amide bonds. The third-order valence-corrected chi connectivity index (χ3v) is 3.62. The molecule has 1 aromatic rings. The smallest absolute Gasteiger partial charge is 0.241 e. The second-order valence-electron chi connectivity index (χ2n) is 5.61. The molecule has 0 heterocycles. The summed E-state index contributed by atoms with van der Waals surface area (Å²) in [5.74, 6) is 0.190. The lowest BCUT2D eigenvalue weighted by atomic mass is 10.1. The van der Waals surface area contributed by atoms with Crippen molar-refractivity contribution in [1.82, 2.24) is 10.2 Å². The van der Waals surface area contributed by atoms with Gasteiger partial charge in [-0.1, -0.05) is 25.4 Å². The summed E-state index contributed by atoms with van der Waals surface area (Å²) in [7, 11) is 1.65. The van der Waals surface area contributed by atoms with E-state index in [0.29, 0.717) is 23.9 Å². The molecule has 7 heteroatoms. The molecule has 0 aliphatic rings. The van der Waals surface area contributed by atoms with Gasteiger partial charge < -0.3 is 20.7 Å². The van der Waals surface area contributed by atoms with Crippen LogP contribution < -0.4 is 15.8 Å². The van der Waals surface area contributed by atoms with E-state index in [2.05, 4.69) is 5.32 Å². The quantitative estimate of drug-likeness (QED) is 0.746. The SMILES string of the molecule is CC(C)[C@H](N)C(=O)NCC(=O)N(C)CCOc1ccc(Cl)cc1. The number of amides is 2. The molecular formula is C16H24ClN3O3. The van der Waals surface area contributed by atoms with E-state index in [-0.39, 0.29) is 24.3 Å². The molecule has 0 spiro atoms. The van der Waals surface area contributed by atoms with Crippen LogP contribution in [0, 0.1) is 5.92 Å². The molecule has 23 heavy (non-hydrogen) atoms. The molecule has 3 N–H and O–H groups in total. The van der Waals surface area contributed by atoms with Crippen LogP contribution >= 0.6 is 11.6 Å². The number of nitrogens with zero attached hydrogens (tertiary/aromatic N) is 1. The first kappa shape index (κ1) is 19.3. The van der Waals surface area contributed by atoms with Crippen molar-refractivity contribution in [2.75, 3.05) is 26.7 Å². The van der Waals surface area contributed by atoms with E-state index in [9.17, 15) is 9.59 Å². The number of carbonyl (C=O) groups excluding carboxylic acids is 2. The maximum absolute atomic E-state index is 11.9. The minimum Gasteiger partial charge on any atom is -0.492 e. The van der Waals surface area contributed by atoms with Crippen LogP contribution in [0.2, 0.25) is 5.02 Å². The van der Waals surface area contributed by atoms with Crippen molar-refractivity contribution < 1.29 is 14.3 Å². The highest BCUT2D eigenvalue weighted by Gasteiger charge is 2.18. The molecule has 1 rings (SSSR count). The third-order valence-electron chi connectivity index (χ3n) is 3.37. The Labute approximate surface area is 141 Å². The Kier molecular flexibility index (Phi) is 7.85. The first-order valence-corrected chi connectivity index (χ1v) is 7.84. The zero-order valence-corrected chi connectivity index (χ0v) is 14.5. The summed E-state index contributed by atoms with van der Waals surface area (Å²) in [4.78, 5) is 25.1. The Bertz CT molecular complexity index is 520. The molecule has 0 radical (unpaired) electrons. The van der Waals surface area contributed by atoms with Gasteiger partial charge in [-0.2, -0.15) is 0 Å². The molecule has 0 bridgehead atoms. The maximum atomic E-state index is 11.9. The fourth-order valence-electron chi connectivity index (χ4n) is 1.67. The average molecular weight is 342 g/mol. The molecular weight excluding hydrogens is 318 g/mol. The van der Waals surface area contributed by atoms with Gasteiger partial charge in [-0.25, -0.2) is 0 Å². The lowest BCUT2D eigenvalue weighted by Crippen LogP contribution is -2.47. The first-order valence-electron chi connectivity index (χ1n) is 7.47. The van der Waals surface area contributed by atoms with Gasteiger partial charge in [-0.05, 0) is 30.2 Å². The molecule has 128 valence electrons. The summed E-state index contributed by atoms with van der Waals surface area (Å²) in [5, 5.41) is 3.19. The summed E-state index contributed by atoms with van der Waals surface area (Å²) in [5.41, 5.74) is 5.71. The minimum absolute atomic E-state index is 0.0237. The highest BCUT2D eigenvalue weighted by atomic mass is 35.5. The van der Waals surface area contributed by atoms with E-state index in [4.69, 9.17) is 22.1 Å². The number of rotatable bonds is 8. The topological polar surface area (TPSA) is 84.7 Å². The van der Waals surface area contributed by atoms with Crippen molar-refractivity contribution >= 4 is 23.4 Å². The maximum Gasteiger partial charge on any atom is 0.241 e. The predicted octanol–water partition coefficient (Wildman–Crippen LogP) is 1.28. The fourth-order valence-corrected chi connectivity index (χ4v) is 1.80. The van der Waals surface area contributed by atoms with Crippen molar-refractivity contribution in [2.45, 2.75) is 19.9 Å². The monoisotopic (exact) mass is 341 g/mol. The number of hydrogen-bond donors (Lipinski definition) is 2. The predicted molar refractivity (Wildman–Crippen MR) is 90.4 cm³/mol. The van der Waals surface area contributed by atoms with E-state index in [0.717, 1.165) is 0 Å². The van der Waals surface area contributed by atoms with Crippen LogP contribution in [0.3, 0.4) is 0 Å². The number of nitrogens with one attached hydrogen (secondary N) is 1. The Hall–Kier alpha value is -1.79. The number of nitrogens with two attached hydrogens (primary N) is 1. The molecule has 1 aromatic carbocycles. The van der Waals surface area contributed by atoms with Gasteiger partial charge in [0.2, 0.25) is 11.8 Å². The van der Waals surface area contributed by atoms with E-state index in [1.807, 2.05) is 13.8 Å². The molecule has 0 aliphatic carbocycles. The number of hydrogen-bond acceptors (Lipinski definition) is 4. The number of likely N-dealkylation sites (N-methyl/N-ethyl adjacent to an activating group) is 1. The van der Waals surface area contributed by atoms with Gasteiger partial charge in [-0.15, -0.1) is 0 Å². The van der Waals surface area contributed by atoms with Crippen LogP contribution in [0.5, 0.6) is 5.75 Å². The van der Waals surface area contributed by atoms with E-state index >= 15 is 0 Å². The van der Waals surface area contributed by atoms with Crippen LogP contribution in [-0.2, 0) is 9.59 Å². The zero-order valence-electron chi connectivity index (χ0n) is 13.7. The molecule has 0 unspecified atom stereocenters. The Balaban J connectivity index is 2.28. The molecule has 0 aliphatic heterocycles. The average Bonchev–Trinajstić information content (AvgIpc) is 2.53. The van der Waals surface area contributed by atoms with Crippen molar-refractivity contribution in [1.29, 1.82) is 0 Å². The lowest BCUT2D eigenvalue weighted by molar-refractivity contribution is -0.132. The molecule has 1 atom stereocenters. The van der Waals surface area contributed by atoms with Crippen molar-refractivity contribution in [3.8, 4) is 5.75 Å². The number of halogens is 1. The second-order valence-corrected chi connectivity index (χ2v) is 6.04. The van der Waals surface area contributed by atoms with Gasteiger partial charge in [-0.3, -0.25) is 9.59 Å². The fraction of sp³-hybridized carbons (Fsp3) is 0.500. The normalized spacial score (nSPS) is 11.9. The summed E-state index contributed by atoms with van der Waals surface area (Å²) >= 11 is 5.79. The summed E-state index contributed by atoms with van der Waals surface area (Å²) < 4.78 is 5.52. The van der Waals surface area contributed by atoms with E-state index in [1.165, 1.54) is 4.90 Å². The highest BCUT2D eigenvalue weighted by Crippen LogP contribution is 2.15. The summed E-state index contributed by atoms with van der Waals surface area (Å²) in [6.45, 7) is 4.40. The number of benzene rings is 1. The lowest BCUT2D eigenvalue weighted by Gasteiger charge is -2.19. The Morgan fingerprint density at radius 3 is 2.48 bits per heavy atom. The molecule has 0 aromatic heterocycles. The largest absolute Gasteiger partial charge is 0.492 e. The Morgan fingerprint density at radius 2 is 1.91 bits per heavy atom. The highest BCUT2D eigenvalue weighted by molar-refractivity contribution is 6.30. The van der Waals surface area contributed by atoms with Crippen LogP contribution in [-0.4, -0.2) is 49.5 Å². The third kappa shape index (κ3) is 6.88. The van der Waals surface area contributed by atoms with Crippen LogP contribution in [0.15, 0.2) is 24.3 Å². The number of ether oxygens (including phenoxy) is 1. The van der Waals surface area contributed by atoms with E-state index < -0.39 is 6.04 Å². The van der Waals surface area contributed by atoms with Crippen molar-refractivity contribution in [3.05, 3.63) is 29.3 Å². The minimum atomic E-state index is -0.610. The van der Waals surface area contributed by atoms with Gasteiger partial charge in [0.25, 0.3) is 0 Å². The molecule has 0 fully saturated rings. The van der Waals surface area contributed by atoms with Crippen molar-refractivity contribution in [2.24, 2.45) is 11.7 Å². The summed E-state index contributed by atoms with van der Waals surface area (Å²) in [6, 6.07) is 6.38. The first-order chi connectivity index (χ1) is 10.8. The second kappa shape index (κ2) is 9.37. The standard InChI is InChI=1S/C16H24ClN3O3/c1-11(2)15(18)16(22)19-10-14(21)20(3)8-9-23-13-6-4-12(17)5-7-13/h4-7,11,15H,8-10,18H2,1-3H3,(H,19,22)/t15-/m0/s1. The van der Waals surface area contributed by atoms with Gasteiger partial charge >= 0.3 is 0 Å². The summed E-state index contributed by atoms with van der Waals surface area (Å²) in [6.07, 6.45) is 0. The van der Waals surface area contributed by atoms with Gasteiger partial charge in [0.05, 0.1) is 19.1 Å². The molecule has 0 saturated carbocycles. The van der Waals surface area contributed by atoms with E-state index in [1.54, 1.807) is 31.3 Å². The van der Waals surface area contributed by atoms with Crippen molar-refractivity contribution in [3.63, 3.8) is 0 Å². The van der Waals surface area contributed by atoms with Gasteiger partial charge in [0, 0.05) is 12.1 Å². The zero-order chi connectivity index (χ0) is 17.4.